The fraction of sp³-hybridized carbons (Fsp3) is 0.400. The summed E-state index contributed by atoms with van der Waals surface area (Å²) in [5.74, 6) is -1.55. The van der Waals surface area contributed by atoms with Crippen molar-refractivity contribution in [2.24, 2.45) is 13.0 Å². The number of anilines is 1. The lowest BCUT2D eigenvalue weighted by Crippen LogP contribution is -2.52. The highest BCUT2D eigenvalue weighted by Gasteiger charge is 2.46. The summed E-state index contributed by atoms with van der Waals surface area (Å²) >= 11 is 0. The van der Waals surface area contributed by atoms with E-state index in [4.69, 9.17) is 4.74 Å². The minimum Gasteiger partial charge on any atom is -0.467 e. The molecule has 0 saturated heterocycles. The summed E-state index contributed by atoms with van der Waals surface area (Å²) < 4.78 is 6.53. The number of aryl methyl sites for hydroxylation is 1. The molecule has 3 atom stereocenters. The Morgan fingerprint density at radius 1 is 1.32 bits per heavy atom. The topological polar surface area (TPSA) is 93.5 Å². The van der Waals surface area contributed by atoms with Crippen molar-refractivity contribution in [1.82, 2.24) is 14.7 Å². The molecule has 8 heteroatoms. The summed E-state index contributed by atoms with van der Waals surface area (Å²) in [6.45, 7) is 3.83. The van der Waals surface area contributed by atoms with Crippen LogP contribution in [-0.4, -0.2) is 45.6 Å². The molecule has 1 N–H and O–H groups in total. The van der Waals surface area contributed by atoms with E-state index in [1.807, 2.05) is 13.8 Å². The number of methoxy groups -OCH3 is 1. The molecule has 0 spiro atoms. The van der Waals surface area contributed by atoms with Crippen molar-refractivity contribution >= 4 is 23.5 Å². The lowest BCUT2D eigenvalue weighted by atomic mass is 9.94. The highest BCUT2D eigenvalue weighted by atomic mass is 16.5. The molecule has 0 aliphatic carbocycles. The first-order valence-electron chi connectivity index (χ1n) is 9.18. The van der Waals surface area contributed by atoms with E-state index in [2.05, 4.69) is 10.4 Å². The molecule has 0 fully saturated rings. The van der Waals surface area contributed by atoms with Gasteiger partial charge in [-0.3, -0.25) is 14.3 Å². The number of carbonyl (C=O) groups excluding carboxylic acids is 3. The Morgan fingerprint density at radius 3 is 2.64 bits per heavy atom. The van der Waals surface area contributed by atoms with Crippen molar-refractivity contribution in [2.45, 2.75) is 32.4 Å². The smallest absolute Gasteiger partial charge is 0.333 e. The molecule has 2 heterocycles. The van der Waals surface area contributed by atoms with Crippen LogP contribution in [0, 0.1) is 5.92 Å². The van der Waals surface area contributed by atoms with Gasteiger partial charge in [-0.25, -0.2) is 4.79 Å². The van der Waals surface area contributed by atoms with Crippen molar-refractivity contribution in [3.8, 4) is 0 Å². The monoisotopic (exact) mass is 384 g/mol. The van der Waals surface area contributed by atoms with Crippen molar-refractivity contribution < 1.29 is 19.1 Å². The molecule has 2 unspecified atom stereocenters. The number of hydrogen-bond acceptors (Lipinski definition) is 5. The molecule has 1 aliphatic rings. The molecule has 8 nitrogen and oxygen atoms in total. The van der Waals surface area contributed by atoms with Crippen LogP contribution in [0.4, 0.5) is 5.69 Å². The van der Waals surface area contributed by atoms with E-state index in [0.29, 0.717) is 23.2 Å². The number of aromatic nitrogens is 2. The Balaban J connectivity index is 2.23. The van der Waals surface area contributed by atoms with Gasteiger partial charge in [-0.1, -0.05) is 38.5 Å². The van der Waals surface area contributed by atoms with Crippen LogP contribution in [0.2, 0.25) is 0 Å². The Morgan fingerprint density at radius 2 is 2.04 bits per heavy atom. The number of nitrogens with zero attached hydrogens (tertiary/aromatic N) is 3. The number of esters is 1. The molecular weight excluding hydrogens is 360 g/mol. The van der Waals surface area contributed by atoms with E-state index in [1.165, 1.54) is 22.9 Å². The largest absolute Gasteiger partial charge is 0.467 e. The molecule has 0 radical (unpaired) electrons. The standard InChI is InChI=1S/C20H24N4O4/c1-5-12(2)16-18(25)22-15-9-7-6-8-14(15)17(20(27)28-4)24(16)19(26)13-10-21-23(3)11-13/h6-12,16-17H,5H2,1-4H3,(H,22,25)/t12?,16-,17?/m0/s1. The summed E-state index contributed by atoms with van der Waals surface area (Å²) in [7, 11) is 2.97. The first-order chi connectivity index (χ1) is 13.4. The average Bonchev–Trinajstić information content (AvgIpc) is 3.08. The summed E-state index contributed by atoms with van der Waals surface area (Å²) in [6, 6.07) is 5.08. The number of ether oxygens (including phenoxy) is 1. The molecule has 3 rings (SSSR count). The van der Waals surface area contributed by atoms with Gasteiger partial charge in [-0.2, -0.15) is 5.10 Å². The number of benzene rings is 1. The Kier molecular flexibility index (Phi) is 5.48. The number of fused-ring (bicyclic) bond motifs is 1. The molecule has 2 amide bonds. The first-order valence-corrected chi connectivity index (χ1v) is 9.18. The van der Waals surface area contributed by atoms with E-state index < -0.39 is 24.0 Å². The first kappa shape index (κ1) is 19.6. The van der Waals surface area contributed by atoms with Crippen molar-refractivity contribution in [1.29, 1.82) is 0 Å². The van der Waals surface area contributed by atoms with Gasteiger partial charge in [0.1, 0.15) is 6.04 Å². The van der Waals surface area contributed by atoms with Crippen LogP contribution in [0.3, 0.4) is 0 Å². The number of para-hydroxylation sites is 1. The molecule has 1 aromatic carbocycles. The highest BCUT2D eigenvalue weighted by Crippen LogP contribution is 2.37. The number of rotatable bonds is 4. The van der Waals surface area contributed by atoms with Gasteiger partial charge in [-0.05, 0) is 12.0 Å². The van der Waals surface area contributed by atoms with Crippen LogP contribution in [0.15, 0.2) is 36.7 Å². The summed E-state index contributed by atoms with van der Waals surface area (Å²) in [5, 5.41) is 6.93. The Hall–Kier alpha value is -3.16. The normalized spacial score (nSPS) is 20.0. The van der Waals surface area contributed by atoms with E-state index >= 15 is 0 Å². The molecule has 28 heavy (non-hydrogen) atoms. The van der Waals surface area contributed by atoms with Gasteiger partial charge in [0, 0.05) is 24.5 Å². The van der Waals surface area contributed by atoms with Crippen LogP contribution in [0.25, 0.3) is 0 Å². The second-order valence-corrected chi connectivity index (χ2v) is 6.95. The summed E-state index contributed by atoms with van der Waals surface area (Å²) in [4.78, 5) is 40.7. The SMILES string of the molecule is CCC(C)[C@H]1C(=O)Nc2ccccc2C(C(=O)OC)N1C(=O)c1cnn(C)c1. The molecule has 2 aromatic rings. The van der Waals surface area contributed by atoms with Gasteiger partial charge in [0.15, 0.2) is 6.04 Å². The lowest BCUT2D eigenvalue weighted by molar-refractivity contribution is -0.148. The predicted molar refractivity (Wildman–Crippen MR) is 102 cm³/mol. The average molecular weight is 384 g/mol. The molecular formula is C20H24N4O4. The third kappa shape index (κ3) is 3.37. The van der Waals surface area contributed by atoms with Crippen LogP contribution in [-0.2, 0) is 21.4 Å². The van der Waals surface area contributed by atoms with Crippen molar-refractivity contribution in [3.63, 3.8) is 0 Å². The Labute approximate surface area is 163 Å². The van der Waals surface area contributed by atoms with Crippen LogP contribution >= 0.6 is 0 Å². The van der Waals surface area contributed by atoms with Crippen LogP contribution in [0.5, 0.6) is 0 Å². The zero-order valence-electron chi connectivity index (χ0n) is 16.4. The van der Waals surface area contributed by atoms with Gasteiger partial charge >= 0.3 is 5.97 Å². The van der Waals surface area contributed by atoms with Gasteiger partial charge in [-0.15, -0.1) is 0 Å². The molecule has 148 valence electrons. The predicted octanol–water partition coefficient (Wildman–Crippen LogP) is 2.14. The minimum absolute atomic E-state index is 0.179. The fourth-order valence-corrected chi connectivity index (χ4v) is 3.53. The van der Waals surface area contributed by atoms with E-state index in [0.717, 1.165) is 0 Å². The van der Waals surface area contributed by atoms with Gasteiger partial charge in [0.2, 0.25) is 5.91 Å². The highest BCUT2D eigenvalue weighted by molar-refractivity contribution is 6.05. The minimum atomic E-state index is -1.05. The van der Waals surface area contributed by atoms with Crippen molar-refractivity contribution in [2.75, 3.05) is 12.4 Å². The fourth-order valence-electron chi connectivity index (χ4n) is 3.53. The number of carbonyl (C=O) groups is 3. The maximum atomic E-state index is 13.5. The number of amides is 2. The summed E-state index contributed by atoms with van der Waals surface area (Å²) in [5.41, 5.74) is 1.32. The number of hydrogen-bond donors (Lipinski definition) is 1. The van der Waals surface area contributed by atoms with E-state index in [1.54, 1.807) is 37.5 Å². The maximum absolute atomic E-state index is 13.5. The molecule has 1 aliphatic heterocycles. The third-order valence-corrected chi connectivity index (χ3v) is 5.15. The zero-order chi connectivity index (χ0) is 20.4. The maximum Gasteiger partial charge on any atom is 0.333 e. The lowest BCUT2D eigenvalue weighted by Gasteiger charge is -2.36. The van der Waals surface area contributed by atoms with Gasteiger partial charge in [0.25, 0.3) is 5.91 Å². The number of nitrogens with one attached hydrogen (secondary N) is 1. The van der Waals surface area contributed by atoms with Gasteiger partial charge < -0.3 is 15.0 Å². The van der Waals surface area contributed by atoms with Crippen LogP contribution in [0.1, 0.15) is 42.2 Å². The zero-order valence-corrected chi connectivity index (χ0v) is 16.4. The Bertz CT molecular complexity index is 907. The third-order valence-electron chi connectivity index (χ3n) is 5.15. The van der Waals surface area contributed by atoms with Crippen LogP contribution < -0.4 is 5.32 Å². The molecule has 1 aromatic heterocycles. The second-order valence-electron chi connectivity index (χ2n) is 6.95. The van der Waals surface area contributed by atoms with E-state index in [9.17, 15) is 14.4 Å². The second kappa shape index (κ2) is 7.84. The summed E-state index contributed by atoms with van der Waals surface area (Å²) in [6.07, 6.45) is 3.65. The van der Waals surface area contributed by atoms with E-state index in [-0.39, 0.29) is 11.8 Å². The van der Waals surface area contributed by atoms with Gasteiger partial charge in [0.05, 0.1) is 18.9 Å². The molecule has 0 bridgehead atoms. The molecule has 0 saturated carbocycles. The van der Waals surface area contributed by atoms with Crippen molar-refractivity contribution in [3.05, 3.63) is 47.8 Å². The quantitative estimate of drug-likeness (QED) is 0.815.